The van der Waals surface area contributed by atoms with Crippen LogP contribution >= 0.6 is 11.6 Å². The van der Waals surface area contributed by atoms with Gasteiger partial charge in [0.25, 0.3) is 0 Å². The lowest BCUT2D eigenvalue weighted by molar-refractivity contribution is 0.414. The van der Waals surface area contributed by atoms with Crippen LogP contribution in [0.3, 0.4) is 0 Å². The van der Waals surface area contributed by atoms with E-state index in [1.165, 1.54) is 6.20 Å². The van der Waals surface area contributed by atoms with Crippen LogP contribution in [0.25, 0.3) is 0 Å². The van der Waals surface area contributed by atoms with Crippen LogP contribution in [-0.4, -0.2) is 17.1 Å². The summed E-state index contributed by atoms with van der Waals surface area (Å²) in [6.45, 7) is 2.04. The Morgan fingerprint density at radius 3 is 2.89 bits per heavy atom. The monoisotopic (exact) mass is 263 g/mol. The Labute approximate surface area is 111 Å². The van der Waals surface area contributed by atoms with Crippen LogP contribution < -0.4 is 10.1 Å². The molecule has 0 saturated heterocycles. The highest BCUT2D eigenvalue weighted by Gasteiger charge is 2.07. The van der Waals surface area contributed by atoms with E-state index in [0.717, 1.165) is 11.3 Å². The summed E-state index contributed by atoms with van der Waals surface area (Å²) < 4.78 is 5.20. The second-order valence-electron chi connectivity index (χ2n) is 3.87. The molecule has 0 unspecified atom stereocenters. The zero-order chi connectivity index (χ0) is 13.0. The maximum atomic E-state index is 5.79. The van der Waals surface area contributed by atoms with E-state index in [4.69, 9.17) is 16.3 Å². The molecule has 1 heterocycles. The first-order chi connectivity index (χ1) is 8.69. The number of hydrogen-bond acceptors (Lipinski definition) is 4. The second kappa shape index (κ2) is 5.69. The molecule has 2 rings (SSSR count). The summed E-state index contributed by atoms with van der Waals surface area (Å²) in [5.41, 5.74) is 1.11. The van der Waals surface area contributed by atoms with E-state index in [0.29, 0.717) is 11.0 Å². The van der Waals surface area contributed by atoms with Gasteiger partial charge in [0, 0.05) is 0 Å². The summed E-state index contributed by atoms with van der Waals surface area (Å²) in [5.74, 6) is 1.48. The molecule has 18 heavy (non-hydrogen) atoms. The van der Waals surface area contributed by atoms with Crippen molar-refractivity contribution in [2.24, 2.45) is 0 Å². The van der Waals surface area contributed by atoms with Crippen molar-refractivity contribution in [3.05, 3.63) is 47.4 Å². The summed E-state index contributed by atoms with van der Waals surface area (Å²) in [5, 5.41) is 3.61. The molecule has 5 heteroatoms. The average Bonchev–Trinajstić information content (AvgIpc) is 2.39. The Kier molecular flexibility index (Phi) is 3.99. The largest absolute Gasteiger partial charge is 0.497 e. The maximum absolute atomic E-state index is 5.79. The molecule has 94 valence electrons. The summed E-state index contributed by atoms with van der Waals surface area (Å²) in [4.78, 5) is 8.12. The van der Waals surface area contributed by atoms with Crippen LogP contribution in [0.1, 0.15) is 18.5 Å². The summed E-state index contributed by atoms with van der Waals surface area (Å²) in [6, 6.07) is 7.96. The fraction of sp³-hybridized carbons (Fsp3) is 0.231. The number of rotatable bonds is 4. The molecule has 0 amide bonds. The van der Waals surface area contributed by atoms with Crippen LogP contribution in [0.2, 0.25) is 5.15 Å². The molecule has 0 aliphatic carbocycles. The van der Waals surface area contributed by atoms with Gasteiger partial charge in [0.15, 0.2) is 0 Å². The number of nitrogens with zero attached hydrogens (tertiary/aromatic N) is 2. The molecular weight excluding hydrogens is 250 g/mol. The predicted octanol–water partition coefficient (Wildman–Crippen LogP) is 3.31. The van der Waals surface area contributed by atoms with E-state index in [1.807, 2.05) is 31.2 Å². The third-order valence-electron chi connectivity index (χ3n) is 2.56. The Morgan fingerprint density at radius 2 is 2.17 bits per heavy atom. The highest BCUT2D eigenvalue weighted by atomic mass is 35.5. The van der Waals surface area contributed by atoms with Gasteiger partial charge in [0.1, 0.15) is 16.7 Å². The summed E-state index contributed by atoms with van der Waals surface area (Å²) in [6.07, 6.45) is 3.14. The number of aromatic nitrogens is 2. The topological polar surface area (TPSA) is 47.0 Å². The number of nitrogens with one attached hydrogen (secondary N) is 1. The lowest BCUT2D eigenvalue weighted by Crippen LogP contribution is -2.08. The molecule has 1 aromatic heterocycles. The van der Waals surface area contributed by atoms with Crippen molar-refractivity contribution in [1.82, 2.24) is 9.97 Å². The van der Waals surface area contributed by atoms with Gasteiger partial charge >= 0.3 is 0 Å². The molecular formula is C13H14ClN3O. The minimum atomic E-state index is 0.0906. The smallest absolute Gasteiger partial charge is 0.149 e. The van der Waals surface area contributed by atoms with Crippen molar-refractivity contribution in [1.29, 1.82) is 0 Å². The Hall–Kier alpha value is -1.81. The quantitative estimate of drug-likeness (QED) is 0.919. The molecule has 0 aliphatic rings. The van der Waals surface area contributed by atoms with Gasteiger partial charge in [-0.3, -0.25) is 4.98 Å². The summed E-state index contributed by atoms with van der Waals surface area (Å²) >= 11 is 5.79. The van der Waals surface area contributed by atoms with E-state index in [9.17, 15) is 0 Å². The lowest BCUT2D eigenvalue weighted by atomic mass is 10.1. The van der Waals surface area contributed by atoms with Gasteiger partial charge in [-0.25, -0.2) is 4.98 Å². The van der Waals surface area contributed by atoms with Crippen LogP contribution in [0.5, 0.6) is 5.75 Å². The van der Waals surface area contributed by atoms with Crippen LogP contribution in [0.15, 0.2) is 36.7 Å². The molecule has 1 atom stereocenters. The van der Waals surface area contributed by atoms with E-state index < -0.39 is 0 Å². The highest BCUT2D eigenvalue weighted by Crippen LogP contribution is 2.22. The zero-order valence-corrected chi connectivity index (χ0v) is 11.0. The number of methoxy groups -OCH3 is 1. The van der Waals surface area contributed by atoms with Crippen molar-refractivity contribution in [2.75, 3.05) is 12.4 Å². The molecule has 0 fully saturated rings. The van der Waals surface area contributed by atoms with Crippen molar-refractivity contribution >= 4 is 17.4 Å². The van der Waals surface area contributed by atoms with Gasteiger partial charge in [-0.1, -0.05) is 23.7 Å². The molecule has 0 bridgehead atoms. The first-order valence-electron chi connectivity index (χ1n) is 5.57. The molecule has 1 N–H and O–H groups in total. The maximum Gasteiger partial charge on any atom is 0.149 e. The number of anilines is 1. The average molecular weight is 264 g/mol. The van der Waals surface area contributed by atoms with Gasteiger partial charge in [0.05, 0.1) is 25.5 Å². The normalized spacial score (nSPS) is 11.9. The van der Waals surface area contributed by atoms with Gasteiger partial charge < -0.3 is 10.1 Å². The molecule has 0 saturated carbocycles. The van der Waals surface area contributed by atoms with Crippen LogP contribution in [0, 0.1) is 0 Å². The SMILES string of the molecule is COc1cccc([C@@H](C)Nc2cncc(Cl)n2)c1. The number of ether oxygens (including phenoxy) is 1. The molecule has 0 spiro atoms. The molecule has 0 radical (unpaired) electrons. The summed E-state index contributed by atoms with van der Waals surface area (Å²) in [7, 11) is 1.65. The first-order valence-corrected chi connectivity index (χ1v) is 5.95. The zero-order valence-electron chi connectivity index (χ0n) is 10.2. The Balaban J connectivity index is 2.13. The lowest BCUT2D eigenvalue weighted by Gasteiger charge is -2.15. The van der Waals surface area contributed by atoms with Gasteiger partial charge in [-0.15, -0.1) is 0 Å². The molecule has 4 nitrogen and oxygen atoms in total. The van der Waals surface area contributed by atoms with E-state index in [1.54, 1.807) is 13.3 Å². The van der Waals surface area contributed by atoms with E-state index in [-0.39, 0.29) is 6.04 Å². The molecule has 0 aliphatic heterocycles. The second-order valence-corrected chi connectivity index (χ2v) is 4.26. The first kappa shape index (κ1) is 12.6. The minimum Gasteiger partial charge on any atom is -0.497 e. The van der Waals surface area contributed by atoms with E-state index >= 15 is 0 Å². The standard InChI is InChI=1S/C13H14ClN3O/c1-9(10-4-3-5-11(6-10)18-2)16-13-8-15-7-12(14)17-13/h3-9H,1-2H3,(H,16,17)/t9-/m1/s1. The predicted molar refractivity (Wildman–Crippen MR) is 72.1 cm³/mol. The Bertz CT molecular complexity index is 533. The van der Waals surface area contributed by atoms with Gasteiger partial charge in [-0.05, 0) is 24.6 Å². The van der Waals surface area contributed by atoms with Crippen molar-refractivity contribution in [3.63, 3.8) is 0 Å². The van der Waals surface area contributed by atoms with Crippen LogP contribution in [0.4, 0.5) is 5.82 Å². The number of hydrogen-bond donors (Lipinski definition) is 1. The van der Waals surface area contributed by atoms with Crippen LogP contribution in [-0.2, 0) is 0 Å². The van der Waals surface area contributed by atoms with E-state index in [2.05, 4.69) is 15.3 Å². The van der Waals surface area contributed by atoms with Crippen molar-refractivity contribution < 1.29 is 4.74 Å². The third kappa shape index (κ3) is 3.11. The molecule has 1 aromatic carbocycles. The van der Waals surface area contributed by atoms with Gasteiger partial charge in [0.2, 0.25) is 0 Å². The number of halogens is 1. The number of benzene rings is 1. The van der Waals surface area contributed by atoms with Gasteiger partial charge in [-0.2, -0.15) is 0 Å². The fourth-order valence-corrected chi connectivity index (χ4v) is 1.78. The third-order valence-corrected chi connectivity index (χ3v) is 2.75. The van der Waals surface area contributed by atoms with Crippen molar-refractivity contribution in [3.8, 4) is 5.75 Å². The molecule has 2 aromatic rings. The minimum absolute atomic E-state index is 0.0906. The highest BCUT2D eigenvalue weighted by molar-refractivity contribution is 6.29. The fourth-order valence-electron chi connectivity index (χ4n) is 1.63. The Morgan fingerprint density at radius 1 is 1.33 bits per heavy atom. The van der Waals surface area contributed by atoms with Crippen molar-refractivity contribution in [2.45, 2.75) is 13.0 Å².